The first kappa shape index (κ1) is 18.2. The summed E-state index contributed by atoms with van der Waals surface area (Å²) in [7, 11) is 0. The largest absolute Gasteiger partial charge is 0.462 e. The Morgan fingerprint density at radius 1 is 1.11 bits per heavy atom. The molecule has 0 unspecified atom stereocenters. The average molecular weight is 385 g/mol. The third-order valence-corrected chi connectivity index (χ3v) is 7.31. The van der Waals surface area contributed by atoms with Crippen LogP contribution in [0.1, 0.15) is 44.1 Å². The molecule has 5 heteroatoms. The van der Waals surface area contributed by atoms with Crippen LogP contribution in [0.2, 0.25) is 0 Å². The highest BCUT2D eigenvalue weighted by atomic mass is 19.1. The van der Waals surface area contributed by atoms with E-state index in [1.165, 1.54) is 50.9 Å². The van der Waals surface area contributed by atoms with Crippen LogP contribution in [0.15, 0.2) is 30.5 Å². The number of rotatable bonds is 4. The molecule has 1 aromatic carbocycles. The predicted molar refractivity (Wildman–Crippen MR) is 103 cm³/mol. The molecule has 1 heterocycles. The first-order chi connectivity index (χ1) is 13.6. The van der Waals surface area contributed by atoms with E-state index in [-0.39, 0.29) is 22.9 Å². The number of halogens is 1. The second-order valence-corrected chi connectivity index (χ2v) is 9.20. The lowest BCUT2D eigenvalue weighted by molar-refractivity contribution is -0.130. The van der Waals surface area contributed by atoms with E-state index in [0.717, 1.165) is 23.3 Å². The summed E-state index contributed by atoms with van der Waals surface area (Å²) in [5, 5.41) is 0. The third-order valence-electron chi connectivity index (χ3n) is 7.31. The van der Waals surface area contributed by atoms with Crippen LogP contribution in [0.5, 0.6) is 5.75 Å². The lowest BCUT2D eigenvalue weighted by Gasteiger charge is -2.57. The molecule has 0 aromatic heterocycles. The van der Waals surface area contributed by atoms with Gasteiger partial charge in [0.05, 0.1) is 19.5 Å². The van der Waals surface area contributed by atoms with Gasteiger partial charge >= 0.3 is 0 Å². The van der Waals surface area contributed by atoms with Gasteiger partial charge in [0.15, 0.2) is 11.6 Å². The number of morpholine rings is 1. The van der Waals surface area contributed by atoms with Gasteiger partial charge in [-0.3, -0.25) is 4.79 Å². The molecule has 0 radical (unpaired) electrons. The first-order valence-corrected chi connectivity index (χ1v) is 10.6. The summed E-state index contributed by atoms with van der Waals surface area (Å²) >= 11 is 0. The molecule has 4 saturated carbocycles. The summed E-state index contributed by atoms with van der Waals surface area (Å²) in [6.07, 6.45) is 10.4. The topological polar surface area (TPSA) is 38.8 Å². The van der Waals surface area contributed by atoms with Crippen molar-refractivity contribution in [2.45, 2.75) is 43.9 Å². The van der Waals surface area contributed by atoms with E-state index < -0.39 is 0 Å². The van der Waals surface area contributed by atoms with Crippen LogP contribution in [-0.4, -0.2) is 37.1 Å². The number of ether oxygens (including phenoxy) is 2. The number of benzene rings is 1. The number of hydrogen-bond acceptors (Lipinski definition) is 3. The van der Waals surface area contributed by atoms with Gasteiger partial charge in [-0.15, -0.1) is 0 Å². The Morgan fingerprint density at radius 3 is 2.36 bits per heavy atom. The van der Waals surface area contributed by atoms with Crippen molar-refractivity contribution in [3.8, 4) is 5.75 Å². The molecule has 5 aliphatic rings. The highest BCUT2D eigenvalue weighted by molar-refractivity contribution is 5.87. The molecule has 0 N–H and O–H groups in total. The number of hydrogen-bond donors (Lipinski definition) is 0. The third kappa shape index (κ3) is 3.34. The maximum absolute atomic E-state index is 14.7. The molecule has 28 heavy (non-hydrogen) atoms. The Bertz CT molecular complexity index is 749. The molecule has 1 amide bonds. The van der Waals surface area contributed by atoms with Gasteiger partial charge in [0.2, 0.25) is 5.91 Å². The fourth-order valence-electron chi connectivity index (χ4n) is 6.45. The van der Waals surface area contributed by atoms with Crippen molar-refractivity contribution in [3.05, 3.63) is 41.9 Å². The van der Waals surface area contributed by atoms with Gasteiger partial charge in [-0.1, -0.05) is 6.07 Å². The molecule has 0 atom stereocenters. The second kappa shape index (κ2) is 7.18. The van der Waals surface area contributed by atoms with Crippen molar-refractivity contribution in [1.29, 1.82) is 0 Å². The van der Waals surface area contributed by atoms with Crippen molar-refractivity contribution < 1.29 is 18.7 Å². The zero-order chi connectivity index (χ0) is 19.1. The van der Waals surface area contributed by atoms with Gasteiger partial charge in [0, 0.05) is 19.2 Å². The lowest BCUT2D eigenvalue weighted by atomic mass is 9.48. The van der Waals surface area contributed by atoms with Gasteiger partial charge in [-0.2, -0.15) is 0 Å². The van der Waals surface area contributed by atoms with Gasteiger partial charge in [-0.05, 0) is 79.4 Å². The summed E-state index contributed by atoms with van der Waals surface area (Å²) in [4.78, 5) is 13.8. The number of nitrogens with zero attached hydrogens (tertiary/aromatic N) is 1. The summed E-state index contributed by atoms with van der Waals surface area (Å²) in [6, 6.07) is 5.45. The molecule has 4 bridgehead atoms. The van der Waals surface area contributed by atoms with Crippen molar-refractivity contribution >= 4 is 5.91 Å². The van der Waals surface area contributed by atoms with Crippen LogP contribution >= 0.6 is 0 Å². The Morgan fingerprint density at radius 2 is 1.75 bits per heavy atom. The van der Waals surface area contributed by atoms with E-state index in [1.54, 1.807) is 17.0 Å². The van der Waals surface area contributed by atoms with Gasteiger partial charge in [0.1, 0.15) is 0 Å². The second-order valence-electron chi connectivity index (χ2n) is 9.20. The van der Waals surface area contributed by atoms with Crippen molar-refractivity contribution in [3.63, 3.8) is 0 Å². The van der Waals surface area contributed by atoms with Crippen molar-refractivity contribution in [1.82, 2.24) is 4.90 Å². The van der Waals surface area contributed by atoms with E-state index in [9.17, 15) is 9.18 Å². The number of amides is 1. The van der Waals surface area contributed by atoms with Crippen LogP contribution < -0.4 is 4.74 Å². The van der Waals surface area contributed by atoms with Gasteiger partial charge in [-0.25, -0.2) is 4.39 Å². The highest BCUT2D eigenvalue weighted by Gasteiger charge is 2.51. The van der Waals surface area contributed by atoms with E-state index in [4.69, 9.17) is 9.47 Å². The van der Waals surface area contributed by atoms with E-state index >= 15 is 0 Å². The standard InChI is InChI=1S/C23H28FNO3/c24-20-12-19(23-13-16-9-17(14-23)11-18(10-16)15-23)1-2-21(20)28-6-3-22(26)25-4-7-27-8-5-25/h1-3,6,12,16-18H,4-5,7-11,13-15H2. The fourth-order valence-corrected chi connectivity index (χ4v) is 6.45. The maximum atomic E-state index is 14.7. The smallest absolute Gasteiger partial charge is 0.249 e. The van der Waals surface area contributed by atoms with Crippen molar-refractivity contribution in [2.75, 3.05) is 26.3 Å². The normalized spacial score (nSPS) is 34.2. The van der Waals surface area contributed by atoms with Crippen LogP contribution in [0.3, 0.4) is 0 Å². The first-order valence-electron chi connectivity index (χ1n) is 10.6. The Kier molecular flexibility index (Phi) is 4.66. The van der Waals surface area contributed by atoms with Crippen LogP contribution in [-0.2, 0) is 14.9 Å². The Labute approximate surface area is 165 Å². The SMILES string of the molecule is O=C(C=COc1ccc(C23CC4CC(CC(C4)C2)C3)cc1F)N1CCOCC1. The Balaban J connectivity index is 1.27. The molecule has 150 valence electrons. The summed E-state index contributed by atoms with van der Waals surface area (Å²) < 4.78 is 25.4. The molecule has 1 aliphatic heterocycles. The van der Waals surface area contributed by atoms with Crippen molar-refractivity contribution in [2.24, 2.45) is 17.8 Å². The minimum atomic E-state index is -0.336. The van der Waals surface area contributed by atoms with Gasteiger partial charge in [0.25, 0.3) is 0 Å². The van der Waals surface area contributed by atoms with Crippen LogP contribution in [0, 0.1) is 23.6 Å². The fraction of sp³-hybridized carbons (Fsp3) is 0.609. The molecule has 5 fully saturated rings. The zero-order valence-electron chi connectivity index (χ0n) is 16.2. The Hall–Kier alpha value is -1.88. The highest BCUT2D eigenvalue weighted by Crippen LogP contribution is 2.60. The lowest BCUT2D eigenvalue weighted by Crippen LogP contribution is -2.48. The van der Waals surface area contributed by atoms with Crippen LogP contribution in [0.25, 0.3) is 0 Å². The summed E-state index contributed by atoms with van der Waals surface area (Å²) in [5.41, 5.74) is 1.32. The predicted octanol–water partition coefficient (Wildman–Crippen LogP) is 4.04. The number of carbonyl (C=O) groups is 1. The zero-order valence-corrected chi connectivity index (χ0v) is 16.2. The molecule has 4 aliphatic carbocycles. The molecular weight excluding hydrogens is 357 g/mol. The quantitative estimate of drug-likeness (QED) is 0.580. The number of carbonyl (C=O) groups excluding carboxylic acids is 1. The van der Waals surface area contributed by atoms with Gasteiger partial charge < -0.3 is 14.4 Å². The molecular formula is C23H28FNO3. The molecule has 6 rings (SSSR count). The monoisotopic (exact) mass is 385 g/mol. The van der Waals surface area contributed by atoms with E-state index in [0.29, 0.717) is 26.3 Å². The van der Waals surface area contributed by atoms with E-state index in [2.05, 4.69) is 0 Å². The minimum Gasteiger partial charge on any atom is -0.462 e. The molecule has 1 aromatic rings. The van der Waals surface area contributed by atoms with Crippen LogP contribution in [0.4, 0.5) is 4.39 Å². The summed E-state index contributed by atoms with van der Waals surface area (Å²) in [6.45, 7) is 2.27. The average Bonchev–Trinajstić information content (AvgIpc) is 2.68. The summed E-state index contributed by atoms with van der Waals surface area (Å²) in [5.74, 6) is 2.21. The van der Waals surface area contributed by atoms with E-state index in [1.807, 2.05) is 6.07 Å². The molecule has 0 spiro atoms. The molecule has 4 nitrogen and oxygen atoms in total. The minimum absolute atomic E-state index is 0.131. The molecule has 1 saturated heterocycles. The maximum Gasteiger partial charge on any atom is 0.249 e.